The zero-order chi connectivity index (χ0) is 18.4. The predicted octanol–water partition coefficient (Wildman–Crippen LogP) is 3.68. The van der Waals surface area contributed by atoms with E-state index in [1.165, 1.54) is 13.2 Å². The summed E-state index contributed by atoms with van der Waals surface area (Å²) in [6.07, 6.45) is 0.800. The minimum Gasteiger partial charge on any atom is -0.496 e. The van der Waals surface area contributed by atoms with Crippen LogP contribution in [0.1, 0.15) is 6.42 Å². The molecule has 1 aromatic carbocycles. The van der Waals surface area contributed by atoms with Crippen LogP contribution in [0.2, 0.25) is 0 Å². The summed E-state index contributed by atoms with van der Waals surface area (Å²) in [5.74, 6) is -0.559. The first-order valence-electron chi connectivity index (χ1n) is 8.23. The largest absolute Gasteiger partial charge is 0.496 e. The van der Waals surface area contributed by atoms with Crippen LogP contribution in [0.5, 0.6) is 5.75 Å². The van der Waals surface area contributed by atoms with E-state index in [0.29, 0.717) is 22.8 Å². The van der Waals surface area contributed by atoms with Crippen LogP contribution < -0.4 is 10.1 Å². The number of nitrogens with zero attached hydrogens (tertiary/aromatic N) is 2. The number of ether oxygens (including phenoxy) is 1. The van der Waals surface area contributed by atoms with E-state index in [-0.39, 0.29) is 18.1 Å². The van der Waals surface area contributed by atoms with Crippen LogP contribution in [0.15, 0.2) is 36.5 Å². The monoisotopic (exact) mass is 357 g/mol. The molecule has 1 N–H and O–H groups in total. The number of anilines is 1. The van der Waals surface area contributed by atoms with Crippen molar-refractivity contribution < 1.29 is 18.3 Å². The summed E-state index contributed by atoms with van der Waals surface area (Å²) < 4.78 is 34.5. The van der Waals surface area contributed by atoms with Gasteiger partial charge in [0.2, 0.25) is 5.91 Å². The number of aryl methyl sites for hydroxylation is 1. The Morgan fingerprint density at radius 1 is 1.38 bits per heavy atom. The van der Waals surface area contributed by atoms with Crippen LogP contribution in [0, 0.1) is 11.7 Å². The van der Waals surface area contributed by atoms with Crippen LogP contribution in [0.4, 0.5) is 14.6 Å². The number of carbonyl (C=O) groups excluding carboxylic acids is 1. The Balaban J connectivity index is 1.74. The molecule has 0 aliphatic heterocycles. The Morgan fingerprint density at radius 2 is 2.15 bits per heavy atom. The van der Waals surface area contributed by atoms with Crippen molar-refractivity contribution in [2.45, 2.75) is 12.6 Å². The summed E-state index contributed by atoms with van der Waals surface area (Å²) >= 11 is 0. The fourth-order valence-corrected chi connectivity index (χ4v) is 3.12. The maximum atomic E-state index is 14.4. The number of alkyl halides is 1. The summed E-state index contributed by atoms with van der Waals surface area (Å²) in [6, 6.07) is 8.17. The highest BCUT2D eigenvalue weighted by Crippen LogP contribution is 2.37. The highest BCUT2D eigenvalue weighted by molar-refractivity contribution is 5.96. The van der Waals surface area contributed by atoms with Gasteiger partial charge in [-0.25, -0.2) is 13.8 Å². The van der Waals surface area contributed by atoms with Crippen LogP contribution in [-0.4, -0.2) is 28.7 Å². The van der Waals surface area contributed by atoms with Crippen LogP contribution >= 0.6 is 0 Å². The molecule has 2 atom stereocenters. The normalized spacial score (nSPS) is 18.8. The molecule has 0 saturated heterocycles. The number of pyridine rings is 1. The van der Waals surface area contributed by atoms with Crippen molar-refractivity contribution >= 4 is 22.6 Å². The summed E-state index contributed by atoms with van der Waals surface area (Å²) in [5.41, 5.74) is 1.77. The molecule has 134 valence electrons. The molecule has 1 amide bonds. The molecule has 1 fully saturated rings. The fourth-order valence-electron chi connectivity index (χ4n) is 3.12. The molecule has 7 heteroatoms. The molecule has 1 aliphatic rings. The van der Waals surface area contributed by atoms with Gasteiger partial charge in [-0.05, 0) is 30.7 Å². The molecule has 1 saturated carbocycles. The maximum absolute atomic E-state index is 14.4. The van der Waals surface area contributed by atoms with Crippen molar-refractivity contribution in [2.24, 2.45) is 13.0 Å². The van der Waals surface area contributed by atoms with Crippen molar-refractivity contribution in [3.8, 4) is 17.0 Å². The van der Waals surface area contributed by atoms with Gasteiger partial charge in [-0.3, -0.25) is 4.79 Å². The molecule has 26 heavy (non-hydrogen) atoms. The van der Waals surface area contributed by atoms with Crippen molar-refractivity contribution in [2.75, 3.05) is 12.4 Å². The van der Waals surface area contributed by atoms with E-state index in [4.69, 9.17) is 4.74 Å². The maximum Gasteiger partial charge on any atom is 0.231 e. The van der Waals surface area contributed by atoms with Crippen LogP contribution in [0.25, 0.3) is 22.2 Å². The van der Waals surface area contributed by atoms with Gasteiger partial charge in [0, 0.05) is 12.4 Å². The lowest BCUT2D eigenvalue weighted by Gasteiger charge is -2.10. The number of fused-ring (bicyclic) bond motifs is 1. The lowest BCUT2D eigenvalue weighted by Crippen LogP contribution is -2.15. The summed E-state index contributed by atoms with van der Waals surface area (Å²) in [5, 5.41) is 3.41. The third-order valence-electron chi connectivity index (χ3n) is 4.68. The Morgan fingerprint density at radius 3 is 2.85 bits per heavy atom. The van der Waals surface area contributed by atoms with E-state index in [1.807, 2.05) is 10.6 Å². The number of nitrogens with one attached hydrogen (secondary N) is 1. The average Bonchev–Trinajstić information content (AvgIpc) is 3.28. The summed E-state index contributed by atoms with van der Waals surface area (Å²) in [7, 11) is 3.30. The SMILES string of the molecule is COc1cccc(F)c1-c1cc2cc(NC(=O)C3CC3F)ncc2n1C. The fraction of sp³-hybridized carbons (Fsp3) is 0.263. The highest BCUT2D eigenvalue weighted by Gasteiger charge is 2.43. The molecule has 2 heterocycles. The highest BCUT2D eigenvalue weighted by atomic mass is 19.1. The zero-order valence-corrected chi connectivity index (χ0v) is 14.3. The molecule has 0 spiro atoms. The number of carbonyl (C=O) groups is 1. The van der Waals surface area contributed by atoms with Gasteiger partial charge < -0.3 is 14.6 Å². The quantitative estimate of drug-likeness (QED) is 0.775. The van der Waals surface area contributed by atoms with Gasteiger partial charge in [-0.2, -0.15) is 0 Å². The van der Waals surface area contributed by atoms with Gasteiger partial charge >= 0.3 is 0 Å². The Labute approximate surface area is 148 Å². The van der Waals surface area contributed by atoms with Gasteiger partial charge in [-0.15, -0.1) is 0 Å². The first-order chi connectivity index (χ1) is 12.5. The van der Waals surface area contributed by atoms with Gasteiger partial charge in [0.1, 0.15) is 23.6 Å². The van der Waals surface area contributed by atoms with Crippen molar-refractivity contribution in [1.82, 2.24) is 9.55 Å². The van der Waals surface area contributed by atoms with E-state index in [2.05, 4.69) is 10.3 Å². The third kappa shape index (κ3) is 2.69. The Hall–Kier alpha value is -2.96. The average molecular weight is 357 g/mol. The molecular weight excluding hydrogens is 340 g/mol. The zero-order valence-electron chi connectivity index (χ0n) is 14.3. The number of rotatable bonds is 4. The van der Waals surface area contributed by atoms with Crippen molar-refractivity contribution in [3.63, 3.8) is 0 Å². The number of halogens is 2. The lowest BCUT2D eigenvalue weighted by atomic mass is 10.1. The second kappa shape index (κ2) is 6.09. The number of methoxy groups -OCH3 is 1. The number of hydrogen-bond acceptors (Lipinski definition) is 3. The van der Waals surface area contributed by atoms with E-state index >= 15 is 0 Å². The Bertz CT molecular complexity index is 1020. The standard InChI is InChI=1S/C19H17F2N3O2/c1-24-14(18-12(20)4-3-5-16(18)26-2)6-10-7-17(22-9-15(10)24)23-19(25)11-8-13(11)21/h3-7,9,11,13H,8H2,1-2H3,(H,22,23,25). The van der Waals surface area contributed by atoms with Gasteiger partial charge in [0.25, 0.3) is 0 Å². The first-order valence-corrected chi connectivity index (χ1v) is 8.23. The molecule has 0 radical (unpaired) electrons. The molecule has 1 aliphatic carbocycles. The molecule has 5 nitrogen and oxygen atoms in total. The van der Waals surface area contributed by atoms with Crippen molar-refractivity contribution in [1.29, 1.82) is 0 Å². The first kappa shape index (κ1) is 16.5. The summed E-state index contributed by atoms with van der Waals surface area (Å²) in [6.45, 7) is 0. The van der Waals surface area contributed by atoms with E-state index in [0.717, 1.165) is 10.9 Å². The second-order valence-corrected chi connectivity index (χ2v) is 6.38. The molecule has 0 bridgehead atoms. The Kier molecular flexibility index (Phi) is 3.86. The van der Waals surface area contributed by atoms with Gasteiger partial charge in [-0.1, -0.05) is 6.07 Å². The van der Waals surface area contributed by atoms with Crippen molar-refractivity contribution in [3.05, 3.63) is 42.3 Å². The summed E-state index contributed by atoms with van der Waals surface area (Å²) in [4.78, 5) is 16.1. The number of benzene rings is 1. The smallest absolute Gasteiger partial charge is 0.231 e. The van der Waals surface area contributed by atoms with E-state index in [9.17, 15) is 13.6 Å². The molecule has 2 aromatic heterocycles. The second-order valence-electron chi connectivity index (χ2n) is 6.38. The number of aromatic nitrogens is 2. The lowest BCUT2D eigenvalue weighted by molar-refractivity contribution is -0.117. The molecular formula is C19H17F2N3O2. The predicted molar refractivity (Wildman–Crippen MR) is 94.3 cm³/mol. The van der Waals surface area contributed by atoms with Crippen LogP contribution in [-0.2, 0) is 11.8 Å². The van der Waals surface area contributed by atoms with E-state index in [1.54, 1.807) is 31.4 Å². The number of amides is 1. The number of hydrogen-bond donors (Lipinski definition) is 1. The minimum absolute atomic E-state index is 0.261. The minimum atomic E-state index is -1.06. The molecule has 3 aromatic rings. The van der Waals surface area contributed by atoms with Gasteiger partial charge in [0.15, 0.2) is 0 Å². The molecule has 2 unspecified atom stereocenters. The third-order valence-corrected chi connectivity index (χ3v) is 4.68. The molecule has 4 rings (SSSR count). The van der Waals surface area contributed by atoms with Crippen LogP contribution in [0.3, 0.4) is 0 Å². The van der Waals surface area contributed by atoms with E-state index < -0.39 is 12.1 Å². The van der Waals surface area contributed by atoms with Gasteiger partial charge in [0.05, 0.1) is 36.0 Å². The topological polar surface area (TPSA) is 56.1 Å².